The molecule has 27 heavy (non-hydrogen) atoms. The number of fused-ring (bicyclic) bond motifs is 1. The summed E-state index contributed by atoms with van der Waals surface area (Å²) in [6, 6.07) is 13.1. The van der Waals surface area contributed by atoms with E-state index in [1.807, 2.05) is 13.8 Å². The minimum atomic E-state index is -4.23. The number of anilines is 1. The van der Waals surface area contributed by atoms with Gasteiger partial charge in [0, 0.05) is 6.07 Å². The molecule has 0 atom stereocenters. The van der Waals surface area contributed by atoms with Gasteiger partial charge in [-0.2, -0.15) is 18.6 Å². The lowest BCUT2D eigenvalue weighted by Gasteiger charge is -2.09. The van der Waals surface area contributed by atoms with Crippen LogP contribution >= 0.6 is 0 Å². The Morgan fingerprint density at radius 1 is 1.04 bits per heavy atom. The molecule has 0 radical (unpaired) electrons. The zero-order valence-electron chi connectivity index (χ0n) is 14.9. The van der Waals surface area contributed by atoms with Gasteiger partial charge >= 0.3 is 0 Å². The zero-order valence-corrected chi connectivity index (χ0v) is 15.7. The number of benzene rings is 3. The molecular formula is C19H19N3O4S. The smallest absolute Gasteiger partial charge is 0.294 e. The molecule has 0 amide bonds. The zero-order chi connectivity index (χ0) is 19.6. The molecule has 0 fully saturated rings. The van der Waals surface area contributed by atoms with Crippen LogP contribution in [-0.2, 0) is 10.1 Å². The Hall–Kier alpha value is -2.97. The first-order valence-corrected chi connectivity index (χ1v) is 9.68. The summed E-state index contributed by atoms with van der Waals surface area (Å²) < 4.78 is 37.1. The highest BCUT2D eigenvalue weighted by molar-refractivity contribution is 7.85. The van der Waals surface area contributed by atoms with Crippen LogP contribution in [0, 0.1) is 6.92 Å². The van der Waals surface area contributed by atoms with Gasteiger partial charge in [0.05, 0.1) is 28.6 Å². The minimum absolute atomic E-state index is 0.148. The first kappa shape index (κ1) is 18.8. The van der Waals surface area contributed by atoms with E-state index in [0.29, 0.717) is 34.8 Å². The van der Waals surface area contributed by atoms with Crippen molar-refractivity contribution in [2.45, 2.75) is 18.7 Å². The number of aryl methyl sites for hydroxylation is 1. The standard InChI is InChI=1S/C19H19N3O4S/c1-3-26-19-11-18(12(2)8-17(19)20)22-21-15-6-4-14-10-16(27(23,24)25)7-5-13(14)9-15/h4-11H,3,20H2,1-2H3,(H,23,24,25). The van der Waals surface area contributed by atoms with Gasteiger partial charge in [-0.3, -0.25) is 4.55 Å². The maximum Gasteiger partial charge on any atom is 0.294 e. The number of nitrogens with zero attached hydrogens (tertiary/aromatic N) is 2. The van der Waals surface area contributed by atoms with Gasteiger partial charge in [0.1, 0.15) is 5.75 Å². The first-order chi connectivity index (χ1) is 12.8. The lowest BCUT2D eigenvalue weighted by molar-refractivity contribution is 0.342. The van der Waals surface area contributed by atoms with E-state index in [9.17, 15) is 8.42 Å². The summed E-state index contributed by atoms with van der Waals surface area (Å²) in [5.74, 6) is 0.563. The fourth-order valence-electron chi connectivity index (χ4n) is 2.63. The molecule has 7 nitrogen and oxygen atoms in total. The van der Waals surface area contributed by atoms with Crippen molar-refractivity contribution in [3.8, 4) is 5.75 Å². The Labute approximate surface area is 157 Å². The molecule has 0 heterocycles. The van der Waals surface area contributed by atoms with E-state index in [1.54, 1.807) is 36.4 Å². The molecule has 8 heteroatoms. The van der Waals surface area contributed by atoms with Gasteiger partial charge in [0.25, 0.3) is 10.1 Å². The SMILES string of the molecule is CCOc1cc(N=Nc2ccc3cc(S(=O)(=O)O)ccc3c2)c(C)cc1N. The van der Waals surface area contributed by atoms with Gasteiger partial charge in [0.15, 0.2) is 0 Å². The van der Waals surface area contributed by atoms with E-state index < -0.39 is 10.1 Å². The third-order valence-corrected chi connectivity index (χ3v) is 4.84. The summed E-state index contributed by atoms with van der Waals surface area (Å²) in [4.78, 5) is -0.148. The fraction of sp³-hybridized carbons (Fsp3) is 0.158. The number of azo groups is 1. The highest BCUT2D eigenvalue weighted by Crippen LogP contribution is 2.32. The van der Waals surface area contributed by atoms with Crippen LogP contribution in [0.2, 0.25) is 0 Å². The van der Waals surface area contributed by atoms with Crippen molar-refractivity contribution in [1.29, 1.82) is 0 Å². The van der Waals surface area contributed by atoms with E-state index in [0.717, 1.165) is 10.9 Å². The highest BCUT2D eigenvalue weighted by atomic mass is 32.2. The number of hydrogen-bond acceptors (Lipinski definition) is 6. The molecule has 0 saturated carbocycles. The summed E-state index contributed by atoms with van der Waals surface area (Å²) in [6.07, 6.45) is 0. The monoisotopic (exact) mass is 385 g/mol. The normalized spacial score (nSPS) is 12.0. The third-order valence-electron chi connectivity index (χ3n) is 3.99. The van der Waals surface area contributed by atoms with Crippen LogP contribution in [-0.4, -0.2) is 19.6 Å². The average molecular weight is 385 g/mol. The van der Waals surface area contributed by atoms with Gasteiger partial charge in [0.2, 0.25) is 0 Å². The lowest BCUT2D eigenvalue weighted by atomic mass is 10.1. The summed E-state index contributed by atoms with van der Waals surface area (Å²) >= 11 is 0. The highest BCUT2D eigenvalue weighted by Gasteiger charge is 2.10. The molecule has 0 aliphatic heterocycles. The van der Waals surface area contributed by atoms with Crippen molar-refractivity contribution in [3.63, 3.8) is 0 Å². The first-order valence-electron chi connectivity index (χ1n) is 8.24. The van der Waals surface area contributed by atoms with Crippen LogP contribution < -0.4 is 10.5 Å². The van der Waals surface area contributed by atoms with Crippen LogP contribution in [0.15, 0.2) is 63.7 Å². The van der Waals surface area contributed by atoms with E-state index in [1.165, 1.54) is 12.1 Å². The quantitative estimate of drug-likeness (QED) is 0.372. The summed E-state index contributed by atoms with van der Waals surface area (Å²) in [5, 5.41) is 9.98. The maximum absolute atomic E-state index is 11.2. The molecule has 0 bridgehead atoms. The Kier molecular flexibility index (Phi) is 5.11. The molecule has 0 unspecified atom stereocenters. The number of nitrogen functional groups attached to an aromatic ring is 1. The second-order valence-electron chi connectivity index (χ2n) is 5.98. The predicted molar refractivity (Wildman–Crippen MR) is 105 cm³/mol. The molecule has 0 aliphatic carbocycles. The Bertz CT molecular complexity index is 1140. The van der Waals surface area contributed by atoms with Gasteiger partial charge in [-0.1, -0.05) is 12.1 Å². The summed E-state index contributed by atoms with van der Waals surface area (Å²) in [7, 11) is -4.23. The molecule has 0 aromatic heterocycles. The minimum Gasteiger partial charge on any atom is -0.492 e. The second-order valence-corrected chi connectivity index (χ2v) is 7.40. The maximum atomic E-state index is 11.2. The van der Waals surface area contributed by atoms with Crippen LogP contribution in [0.1, 0.15) is 12.5 Å². The Morgan fingerprint density at radius 2 is 1.74 bits per heavy atom. The Balaban J connectivity index is 1.94. The molecule has 0 spiro atoms. The molecule has 3 rings (SSSR count). The summed E-state index contributed by atoms with van der Waals surface area (Å²) in [5.41, 5.74) is 8.61. The largest absolute Gasteiger partial charge is 0.492 e. The molecule has 3 aromatic carbocycles. The average Bonchev–Trinajstić information content (AvgIpc) is 2.61. The molecule has 0 saturated heterocycles. The van der Waals surface area contributed by atoms with Crippen molar-refractivity contribution < 1.29 is 17.7 Å². The molecule has 3 aromatic rings. The predicted octanol–water partition coefficient (Wildman–Crippen LogP) is 4.79. The summed E-state index contributed by atoms with van der Waals surface area (Å²) in [6.45, 7) is 4.26. The van der Waals surface area contributed by atoms with Gasteiger partial charge in [-0.25, -0.2) is 0 Å². The van der Waals surface area contributed by atoms with Crippen molar-refractivity contribution in [3.05, 3.63) is 54.1 Å². The van der Waals surface area contributed by atoms with Gasteiger partial charge in [-0.15, -0.1) is 0 Å². The van der Waals surface area contributed by atoms with Crippen molar-refractivity contribution in [1.82, 2.24) is 0 Å². The van der Waals surface area contributed by atoms with Crippen molar-refractivity contribution in [2.75, 3.05) is 12.3 Å². The van der Waals surface area contributed by atoms with E-state index in [-0.39, 0.29) is 4.90 Å². The molecule has 3 N–H and O–H groups in total. The lowest BCUT2D eigenvalue weighted by Crippen LogP contribution is -1.97. The number of nitrogens with two attached hydrogens (primary N) is 1. The van der Waals surface area contributed by atoms with E-state index in [4.69, 9.17) is 15.0 Å². The van der Waals surface area contributed by atoms with Crippen molar-refractivity contribution >= 4 is 38.0 Å². The van der Waals surface area contributed by atoms with Crippen molar-refractivity contribution in [2.24, 2.45) is 10.2 Å². The Morgan fingerprint density at radius 3 is 2.44 bits per heavy atom. The number of ether oxygens (including phenoxy) is 1. The molecule has 140 valence electrons. The van der Waals surface area contributed by atoms with Gasteiger partial charge < -0.3 is 10.5 Å². The second kappa shape index (κ2) is 7.34. The van der Waals surface area contributed by atoms with Crippen LogP contribution in [0.3, 0.4) is 0 Å². The van der Waals surface area contributed by atoms with Gasteiger partial charge in [-0.05, 0) is 60.5 Å². The number of rotatable bonds is 5. The molecular weight excluding hydrogens is 366 g/mol. The van der Waals surface area contributed by atoms with Crippen LogP contribution in [0.4, 0.5) is 17.1 Å². The number of hydrogen-bond donors (Lipinski definition) is 2. The molecule has 0 aliphatic rings. The topological polar surface area (TPSA) is 114 Å². The van der Waals surface area contributed by atoms with E-state index in [2.05, 4.69) is 10.2 Å². The third kappa shape index (κ3) is 4.24. The van der Waals surface area contributed by atoms with Crippen LogP contribution in [0.5, 0.6) is 5.75 Å². The van der Waals surface area contributed by atoms with Crippen LogP contribution in [0.25, 0.3) is 10.8 Å². The van der Waals surface area contributed by atoms with E-state index >= 15 is 0 Å². The fourth-order valence-corrected chi connectivity index (χ4v) is 3.15.